The van der Waals surface area contributed by atoms with Crippen molar-refractivity contribution in [1.82, 2.24) is 14.9 Å². The molecule has 0 aliphatic heterocycles. The minimum absolute atomic E-state index is 0.0103. The summed E-state index contributed by atoms with van der Waals surface area (Å²) < 4.78 is 38.4. The van der Waals surface area contributed by atoms with Crippen LogP contribution in [-0.2, 0) is 33.7 Å². The Balaban J connectivity index is 0.000000451. The van der Waals surface area contributed by atoms with Gasteiger partial charge in [0.2, 0.25) is 5.91 Å². The molecule has 0 saturated carbocycles. The molecule has 0 spiro atoms. The number of carboxylic acids is 1. The lowest BCUT2D eigenvalue weighted by Gasteiger charge is -2.27. The molecule has 0 aromatic carbocycles. The number of carbonyl (C=O) groups is 2. The summed E-state index contributed by atoms with van der Waals surface area (Å²) in [6.07, 6.45) is -2.78. The van der Waals surface area contributed by atoms with Crippen LogP contribution in [-0.4, -0.2) is 52.5 Å². The third kappa shape index (κ3) is 7.19. The maximum absolute atomic E-state index is 12.4. The van der Waals surface area contributed by atoms with Crippen molar-refractivity contribution >= 4 is 11.9 Å². The molecule has 2 aromatic rings. The van der Waals surface area contributed by atoms with Crippen LogP contribution in [0.4, 0.5) is 13.2 Å². The lowest BCUT2D eigenvalue weighted by molar-refractivity contribution is -0.192. The highest BCUT2D eigenvalue weighted by Crippen LogP contribution is 2.21. The Morgan fingerprint density at radius 1 is 1.28 bits per heavy atom. The summed E-state index contributed by atoms with van der Waals surface area (Å²) in [5.74, 6) is -2.86. The van der Waals surface area contributed by atoms with Gasteiger partial charge in [0.05, 0.1) is 12.2 Å². The first-order valence-electron chi connectivity index (χ1n) is 9.73. The topological polar surface area (TPSA) is 111 Å². The number of halogens is 3. The number of amides is 1. The molecular formula is C21H24F3N3O5. The molecule has 1 unspecified atom stereocenters. The Kier molecular flexibility index (Phi) is 8.53. The summed E-state index contributed by atoms with van der Waals surface area (Å²) in [5.41, 5.74) is 3.97. The number of aliphatic carboxylic acids is 1. The number of aromatic nitrogens is 2. The zero-order valence-electron chi connectivity index (χ0n) is 17.6. The second-order valence-corrected chi connectivity index (χ2v) is 7.24. The first-order valence-corrected chi connectivity index (χ1v) is 9.73. The number of alkyl halides is 3. The average molecular weight is 455 g/mol. The standard InChI is InChI=1S/C19H23N3O3.C2HF3O2/c1-13-4-3-5-16(20-13)11-22-17-8-7-15(21-18(23)12-25-2)10-14(17)6-9-19(22)24;3-2(4,5)1(6)7/h3-6,9,15H,7-8,10-12H2,1-2H3,(H,21,23);(H,6,7). The van der Waals surface area contributed by atoms with E-state index in [4.69, 9.17) is 14.6 Å². The van der Waals surface area contributed by atoms with Crippen LogP contribution < -0.4 is 10.9 Å². The minimum Gasteiger partial charge on any atom is -0.475 e. The van der Waals surface area contributed by atoms with Crippen LogP contribution in [0.2, 0.25) is 0 Å². The van der Waals surface area contributed by atoms with Gasteiger partial charge >= 0.3 is 12.1 Å². The molecule has 1 atom stereocenters. The third-order valence-corrected chi connectivity index (χ3v) is 4.73. The van der Waals surface area contributed by atoms with E-state index in [2.05, 4.69) is 10.3 Å². The number of fused-ring (bicyclic) bond motifs is 1. The molecule has 8 nitrogen and oxygen atoms in total. The molecule has 174 valence electrons. The van der Waals surface area contributed by atoms with Crippen LogP contribution in [0, 0.1) is 6.92 Å². The van der Waals surface area contributed by atoms with Crippen molar-refractivity contribution in [1.29, 1.82) is 0 Å². The van der Waals surface area contributed by atoms with Gasteiger partial charge in [0.1, 0.15) is 6.61 Å². The highest BCUT2D eigenvalue weighted by molar-refractivity contribution is 5.77. The molecule has 2 heterocycles. The van der Waals surface area contributed by atoms with E-state index in [-0.39, 0.29) is 24.1 Å². The van der Waals surface area contributed by atoms with Crippen molar-refractivity contribution in [2.45, 2.75) is 44.9 Å². The van der Waals surface area contributed by atoms with Gasteiger partial charge in [0.25, 0.3) is 5.56 Å². The van der Waals surface area contributed by atoms with Crippen LogP contribution in [0.15, 0.2) is 35.1 Å². The van der Waals surface area contributed by atoms with Gasteiger partial charge in [0, 0.05) is 30.6 Å². The maximum atomic E-state index is 12.4. The minimum atomic E-state index is -5.08. The maximum Gasteiger partial charge on any atom is 0.490 e. The Labute approximate surface area is 182 Å². The molecule has 32 heavy (non-hydrogen) atoms. The average Bonchev–Trinajstić information content (AvgIpc) is 2.70. The lowest BCUT2D eigenvalue weighted by Crippen LogP contribution is -2.42. The predicted octanol–water partition coefficient (Wildman–Crippen LogP) is 1.85. The van der Waals surface area contributed by atoms with Crippen molar-refractivity contribution in [3.8, 4) is 0 Å². The van der Waals surface area contributed by atoms with E-state index in [0.29, 0.717) is 6.54 Å². The van der Waals surface area contributed by atoms with Gasteiger partial charge in [-0.3, -0.25) is 14.6 Å². The highest BCUT2D eigenvalue weighted by Gasteiger charge is 2.38. The fourth-order valence-electron chi connectivity index (χ4n) is 3.37. The number of methoxy groups -OCH3 is 1. The quantitative estimate of drug-likeness (QED) is 0.712. The molecule has 0 bridgehead atoms. The molecule has 11 heteroatoms. The van der Waals surface area contributed by atoms with Gasteiger partial charge in [-0.2, -0.15) is 13.2 Å². The van der Waals surface area contributed by atoms with Gasteiger partial charge < -0.3 is 19.7 Å². The molecule has 1 amide bonds. The van der Waals surface area contributed by atoms with E-state index in [1.54, 1.807) is 6.07 Å². The zero-order chi connectivity index (χ0) is 23.9. The van der Waals surface area contributed by atoms with Gasteiger partial charge in [-0.25, -0.2) is 4.79 Å². The van der Waals surface area contributed by atoms with Crippen LogP contribution in [0.5, 0.6) is 0 Å². The number of ether oxygens (including phenoxy) is 1. The SMILES string of the molecule is COCC(=O)NC1CCc2c(ccc(=O)n2Cc2cccc(C)n2)C1.O=C(O)C(F)(F)F. The van der Waals surface area contributed by atoms with Gasteiger partial charge in [-0.15, -0.1) is 0 Å². The van der Waals surface area contributed by atoms with Crippen molar-refractivity contribution in [2.75, 3.05) is 13.7 Å². The number of pyridine rings is 2. The normalized spacial score (nSPS) is 15.2. The van der Waals surface area contributed by atoms with Crippen molar-refractivity contribution in [2.24, 2.45) is 0 Å². The number of carbonyl (C=O) groups excluding carboxylic acids is 1. The van der Waals surface area contributed by atoms with E-state index in [1.807, 2.05) is 35.8 Å². The zero-order valence-corrected chi connectivity index (χ0v) is 17.6. The van der Waals surface area contributed by atoms with E-state index >= 15 is 0 Å². The van der Waals surface area contributed by atoms with Crippen LogP contribution in [0.3, 0.4) is 0 Å². The third-order valence-electron chi connectivity index (χ3n) is 4.73. The Morgan fingerprint density at radius 2 is 1.97 bits per heavy atom. The van der Waals surface area contributed by atoms with Crippen molar-refractivity contribution < 1.29 is 32.6 Å². The molecule has 1 aliphatic carbocycles. The summed E-state index contributed by atoms with van der Waals surface area (Å²) in [6, 6.07) is 9.41. The first-order chi connectivity index (χ1) is 15.0. The summed E-state index contributed by atoms with van der Waals surface area (Å²) in [7, 11) is 1.51. The second-order valence-electron chi connectivity index (χ2n) is 7.24. The second kappa shape index (κ2) is 10.9. The Hall–Kier alpha value is -3.21. The summed E-state index contributed by atoms with van der Waals surface area (Å²) in [5, 5.41) is 10.1. The lowest BCUT2D eigenvalue weighted by atomic mass is 9.91. The van der Waals surface area contributed by atoms with E-state index < -0.39 is 12.1 Å². The van der Waals surface area contributed by atoms with Gasteiger partial charge in [-0.1, -0.05) is 12.1 Å². The molecular weight excluding hydrogens is 431 g/mol. The van der Waals surface area contributed by atoms with Crippen molar-refractivity contribution in [3.63, 3.8) is 0 Å². The molecule has 1 aliphatic rings. The number of carboxylic acid groups (broad SMARTS) is 1. The predicted molar refractivity (Wildman–Crippen MR) is 108 cm³/mol. The molecule has 3 rings (SSSR count). The fourth-order valence-corrected chi connectivity index (χ4v) is 3.37. The highest BCUT2D eigenvalue weighted by atomic mass is 19.4. The monoisotopic (exact) mass is 455 g/mol. The number of hydrogen-bond acceptors (Lipinski definition) is 5. The largest absolute Gasteiger partial charge is 0.490 e. The van der Waals surface area contributed by atoms with Crippen LogP contribution in [0.25, 0.3) is 0 Å². The molecule has 0 fully saturated rings. The Bertz CT molecular complexity index is 1020. The van der Waals surface area contributed by atoms with Gasteiger partial charge in [-0.05, 0) is 43.9 Å². The summed E-state index contributed by atoms with van der Waals surface area (Å²) >= 11 is 0. The van der Waals surface area contributed by atoms with Gasteiger partial charge in [0.15, 0.2) is 0 Å². The molecule has 2 aromatic heterocycles. The number of hydrogen-bond donors (Lipinski definition) is 2. The number of nitrogens with one attached hydrogen (secondary N) is 1. The smallest absolute Gasteiger partial charge is 0.475 e. The van der Waals surface area contributed by atoms with E-state index in [9.17, 15) is 22.8 Å². The van der Waals surface area contributed by atoms with Crippen LogP contribution in [0.1, 0.15) is 29.1 Å². The molecule has 2 N–H and O–H groups in total. The molecule has 0 radical (unpaired) electrons. The van der Waals surface area contributed by atoms with Crippen molar-refractivity contribution in [3.05, 3.63) is 63.3 Å². The fraction of sp³-hybridized carbons (Fsp3) is 0.429. The summed E-state index contributed by atoms with van der Waals surface area (Å²) in [4.78, 5) is 37.5. The number of aryl methyl sites for hydroxylation is 1. The molecule has 0 saturated heterocycles. The number of rotatable bonds is 5. The first kappa shape index (κ1) is 25.1. The van der Waals surface area contributed by atoms with Crippen LogP contribution >= 0.6 is 0 Å². The summed E-state index contributed by atoms with van der Waals surface area (Å²) in [6.45, 7) is 2.49. The van der Waals surface area contributed by atoms with E-state index in [0.717, 1.165) is 41.9 Å². The Morgan fingerprint density at radius 3 is 2.56 bits per heavy atom. The van der Waals surface area contributed by atoms with E-state index in [1.165, 1.54) is 7.11 Å². The number of nitrogens with zero attached hydrogens (tertiary/aromatic N) is 2.